The molecule has 0 unspecified atom stereocenters. The van der Waals surface area contributed by atoms with Crippen molar-refractivity contribution < 1.29 is 81.3 Å². The maximum atomic E-state index is 11.0. The molecule has 0 saturated heterocycles. The van der Waals surface area contributed by atoms with Crippen LogP contribution in [0.1, 0.15) is 51.4 Å². The number of hydrogen-bond acceptors (Lipinski definition) is 9. The van der Waals surface area contributed by atoms with Gasteiger partial charge in [0.25, 0.3) is 5.69 Å². The van der Waals surface area contributed by atoms with E-state index in [1.54, 1.807) is 31.0 Å². The molecule has 3 aromatic heterocycles. The number of ether oxygens (including phenoxy) is 1. The van der Waals surface area contributed by atoms with Gasteiger partial charge in [0.2, 0.25) is 16.6 Å². The maximum Gasteiger partial charge on any atom is 0.269 e. The Balaban J connectivity index is 0.000000156. The fourth-order valence-electron chi connectivity index (χ4n) is 13.9. The highest BCUT2D eigenvalue weighted by Crippen LogP contribution is 2.49. The zero-order valence-electron chi connectivity index (χ0n) is 62.4. The minimum atomic E-state index is -0.370. The molecule has 3 aliphatic rings. The Kier molecular flexibility index (Phi) is 29.0. The highest BCUT2D eigenvalue weighted by Gasteiger charge is 2.28. The van der Waals surface area contributed by atoms with Crippen LogP contribution in [0.15, 0.2) is 400 Å². The van der Waals surface area contributed by atoms with Crippen LogP contribution >= 0.6 is 35.3 Å². The number of nitro groups is 1. The van der Waals surface area contributed by atoms with E-state index in [1.165, 1.54) is 102 Å². The third kappa shape index (κ3) is 20.2. The predicted molar refractivity (Wildman–Crippen MR) is 458 cm³/mol. The molecule has 113 heavy (non-hydrogen) atoms. The van der Waals surface area contributed by atoms with E-state index < -0.39 is 0 Å². The van der Waals surface area contributed by atoms with Crippen LogP contribution in [0.4, 0.5) is 22.7 Å². The number of aromatic nitrogens is 3. The van der Waals surface area contributed by atoms with E-state index in [1.807, 2.05) is 59.9 Å². The molecule has 562 valence electrons. The van der Waals surface area contributed by atoms with E-state index >= 15 is 0 Å². The lowest BCUT2D eigenvalue weighted by molar-refractivity contribution is -0.667. The van der Waals surface area contributed by atoms with E-state index in [9.17, 15) is 10.1 Å². The van der Waals surface area contributed by atoms with Crippen molar-refractivity contribution in [2.75, 3.05) is 21.8 Å². The number of rotatable bonds is 20. The summed E-state index contributed by atoms with van der Waals surface area (Å²) in [6, 6.07) is 105. The van der Waals surface area contributed by atoms with Gasteiger partial charge in [-0.05, 0) is 137 Å². The van der Waals surface area contributed by atoms with Crippen molar-refractivity contribution in [1.82, 2.24) is 0 Å². The van der Waals surface area contributed by atoms with E-state index in [0.29, 0.717) is 6.54 Å². The largest absolute Gasteiger partial charge is 1.00 e. The molecule has 14 aromatic rings. The summed E-state index contributed by atoms with van der Waals surface area (Å²) in [5, 5.41) is 18.3. The number of allylic oxidation sites excluding steroid dienone is 8. The Morgan fingerprint density at radius 1 is 0.363 bits per heavy atom. The summed E-state index contributed by atoms with van der Waals surface area (Å²) in [6.07, 6.45) is 30.3. The van der Waals surface area contributed by atoms with Crippen LogP contribution in [-0.2, 0) is 39.3 Å². The van der Waals surface area contributed by atoms with Gasteiger partial charge in [0.1, 0.15) is 12.3 Å². The number of anilines is 3. The first-order valence-corrected chi connectivity index (χ1v) is 39.4. The molecule has 0 bridgehead atoms. The number of hydrogen-bond donors (Lipinski definition) is 0. The van der Waals surface area contributed by atoms with Crippen molar-refractivity contribution in [3.05, 3.63) is 440 Å². The smallest absolute Gasteiger partial charge is 0.269 e. The molecule has 17 rings (SSSR count). The number of fused-ring (bicyclic) bond motifs is 6. The molecule has 0 amide bonds. The zero-order chi connectivity index (χ0) is 74.8. The quantitative estimate of drug-likeness (QED) is 0.0244. The fourth-order valence-corrected chi connectivity index (χ4v) is 17.1. The molecular weight excluding hydrogens is 1690 g/mol. The Labute approximate surface area is 712 Å². The van der Waals surface area contributed by atoms with Crippen LogP contribution in [0.2, 0.25) is 0 Å². The number of methoxy groups -OCH3 is 1. The molecule has 16 heteroatoms. The Morgan fingerprint density at radius 3 is 1.10 bits per heavy atom. The van der Waals surface area contributed by atoms with Gasteiger partial charge in [-0.1, -0.05) is 260 Å². The number of non-ortho nitro benzene ring substituents is 1. The number of nitrogens with zero attached hydrogens (tertiary/aromatic N) is 7. The van der Waals surface area contributed by atoms with Crippen LogP contribution in [-0.4, -0.2) is 12.0 Å². The van der Waals surface area contributed by atoms with Gasteiger partial charge in [0.05, 0.1) is 60.3 Å². The van der Waals surface area contributed by atoms with Crippen molar-refractivity contribution in [2.45, 2.75) is 60.9 Å². The number of aryl methyl sites for hydroxylation is 1. The van der Waals surface area contributed by atoms with Crippen LogP contribution in [0.25, 0.3) is 50.9 Å². The first-order chi connectivity index (χ1) is 54.3. The minimum Gasteiger partial charge on any atom is -1.00 e. The Bertz CT molecular complexity index is 5850. The molecule has 0 aliphatic carbocycles. The van der Waals surface area contributed by atoms with E-state index in [4.69, 9.17) is 4.74 Å². The average molecular weight is 1780 g/mol. The van der Waals surface area contributed by atoms with Crippen molar-refractivity contribution in [3.8, 4) is 5.75 Å². The van der Waals surface area contributed by atoms with Gasteiger partial charge in [-0.2, -0.15) is 13.7 Å². The first kappa shape index (κ1) is 81.7. The average Bonchev–Trinajstić information content (AvgIpc) is 1.42. The molecule has 0 atom stereocenters. The second-order valence-electron chi connectivity index (χ2n) is 26.6. The van der Waals surface area contributed by atoms with Gasteiger partial charge in [-0.25, -0.2) is 0 Å². The van der Waals surface area contributed by atoms with Crippen molar-refractivity contribution >= 4 is 109 Å². The van der Waals surface area contributed by atoms with Crippen molar-refractivity contribution in [2.24, 2.45) is 0 Å². The van der Waals surface area contributed by atoms with Gasteiger partial charge < -0.3 is 77.4 Å². The van der Waals surface area contributed by atoms with E-state index in [2.05, 4.69) is 376 Å². The lowest BCUT2D eigenvalue weighted by atomic mass is 10.1. The number of benzene rings is 11. The highest BCUT2D eigenvalue weighted by atomic mass is 127. The molecule has 0 saturated carbocycles. The van der Waals surface area contributed by atoms with Crippen LogP contribution in [0, 0.1) is 10.1 Å². The van der Waals surface area contributed by atoms with Crippen molar-refractivity contribution in [3.63, 3.8) is 0 Å². The topological polar surface area (TPSA) is 73.7 Å². The molecule has 3 aliphatic heterocycles. The lowest BCUT2D eigenvalue weighted by Gasteiger charge is -2.20. The van der Waals surface area contributed by atoms with Crippen LogP contribution in [0.5, 0.6) is 5.75 Å². The van der Waals surface area contributed by atoms with E-state index in [-0.39, 0.29) is 68.6 Å². The second-order valence-corrected chi connectivity index (χ2v) is 29.8. The number of nitro benzene ring substituents is 1. The predicted octanol–water partition coefficient (Wildman–Crippen LogP) is 14.0. The Morgan fingerprint density at radius 2 is 0.690 bits per heavy atom. The Hall–Kier alpha value is -10.8. The number of halogens is 3. The molecule has 0 radical (unpaired) electrons. The molecule has 10 nitrogen and oxygen atoms in total. The van der Waals surface area contributed by atoms with Gasteiger partial charge in [0.15, 0.2) is 31.7 Å². The summed E-state index contributed by atoms with van der Waals surface area (Å²) in [4.78, 5) is 21.7. The van der Waals surface area contributed by atoms with Crippen LogP contribution in [0.3, 0.4) is 0 Å². The first-order valence-electron chi connectivity index (χ1n) is 36.9. The summed E-state index contributed by atoms with van der Waals surface area (Å²) in [7, 11) is 1.70. The van der Waals surface area contributed by atoms with Crippen molar-refractivity contribution in [1.29, 1.82) is 0 Å². The molecule has 0 fully saturated rings. The lowest BCUT2D eigenvalue weighted by Crippen LogP contribution is -3.00. The molecule has 11 aromatic carbocycles. The van der Waals surface area contributed by atoms with Gasteiger partial charge in [-0.15, -0.1) is 0 Å². The summed E-state index contributed by atoms with van der Waals surface area (Å²) >= 11 is 5.46. The third-order valence-electron chi connectivity index (χ3n) is 19.5. The summed E-state index contributed by atoms with van der Waals surface area (Å²) in [6.45, 7) is 7.14. The van der Waals surface area contributed by atoms with Gasteiger partial charge >= 0.3 is 0 Å². The zero-order valence-corrected chi connectivity index (χ0v) is 70.2. The highest BCUT2D eigenvalue weighted by molar-refractivity contribution is 8.04. The molecule has 0 N–H and O–H groups in total. The molecule has 0 spiro atoms. The minimum absolute atomic E-state index is 0. The monoisotopic (exact) mass is 1770 g/mol. The fraction of sp³-hybridized carbons (Fsp3) is 0.0825. The van der Waals surface area contributed by atoms with E-state index in [0.717, 1.165) is 60.5 Å². The summed E-state index contributed by atoms with van der Waals surface area (Å²) in [5.74, 6) is 0.883. The maximum absolute atomic E-state index is 11.0. The van der Waals surface area contributed by atoms with Crippen LogP contribution < -0.4 is 91.1 Å². The number of pyridine rings is 3. The van der Waals surface area contributed by atoms with Gasteiger partial charge in [0, 0.05) is 94.0 Å². The summed E-state index contributed by atoms with van der Waals surface area (Å²) in [5.41, 5.74) is 17.2. The third-order valence-corrected chi connectivity index (χ3v) is 22.8. The van der Waals surface area contributed by atoms with Gasteiger partial charge in [-0.3, -0.25) is 10.1 Å². The normalized spacial score (nSPS) is 13.8. The number of thioether (sulfide) groups is 3. The summed E-state index contributed by atoms with van der Waals surface area (Å²) < 4.78 is 12.1. The SMILES string of the molecule is C(=Cc1cc[n+](Cc2ccccc2)c2ccccc12)C=C1Sc2ccccc2N1Cc1ccccc1.CC[n+]1ccc(C=CC=C2Sc3ccccc3N2Cc2ccc(OC)cc2)c2ccccc21.O=[N+]([O-])c1ccc(C[n+]2ccc(C=CC=CC=C3Sc4ccccc4N3Cc3ccccc3)c3ccccc32)cc1.[Br-].[Br-].[I-]. The number of para-hydroxylation sites is 6. The molecule has 6 heterocycles. The molecular formula is C97H82Br2IN7O3S3. The standard InChI is InChI=1S/C35H28N3O2S.C33H27N2S.C29H27N2OS.2BrH.HI/c39-38(40)30-21-19-28(20-22-30)25-36-24-23-29(31-14-7-8-15-32(31)36)13-5-2-6-18-35-37(26-27-11-3-1-4-12-27)33-16-9-10-17-34(33)41-35;1-3-12-26(13-4-1)24-34-23-22-28(29-17-7-8-18-30(29)34)16-11-21-33-35(25-27-14-5-2-6-15-27)31-19-9-10-20-32(31)36-33;1-3-30-20-19-23(25-10-4-5-11-26(25)30)9-8-14-29-31(27-12-6-7-13-28(27)33-29)21-22-15-17-24(32-2)18-16-22;;;/h1-24H,25-26H2;1-23H,24-25H2;4-20H,3,21H2,1-2H3;3*1H/q3*+1;;;/p-3. The second kappa shape index (κ2) is 40.1.